The van der Waals surface area contributed by atoms with Crippen molar-refractivity contribution in [3.8, 4) is 11.5 Å². The molecule has 1 aromatic carbocycles. The van der Waals surface area contributed by atoms with Gasteiger partial charge in [0.2, 0.25) is 5.89 Å². The fourth-order valence-corrected chi connectivity index (χ4v) is 1.71. The minimum absolute atomic E-state index is 0.0716. The van der Waals surface area contributed by atoms with Crippen LogP contribution in [-0.4, -0.2) is 21.7 Å². The smallest absolute Gasteiger partial charge is 0.335 e. The highest BCUT2D eigenvalue weighted by Crippen LogP contribution is 2.24. The fourth-order valence-electron chi connectivity index (χ4n) is 1.59. The minimum atomic E-state index is -1.27. The molecule has 1 N–H and O–H groups in total. The number of hydrogen-bond acceptors (Lipinski definition) is 4. The molecule has 1 aromatic heterocycles. The molecule has 5 nitrogen and oxygen atoms in total. The largest absolute Gasteiger partial charge is 0.479 e. The van der Waals surface area contributed by atoms with E-state index in [-0.39, 0.29) is 6.61 Å². The first-order valence-corrected chi connectivity index (χ1v) is 6.77. The van der Waals surface area contributed by atoms with E-state index in [2.05, 4.69) is 4.98 Å². The Hall–Kier alpha value is -1.85. The second-order valence-electron chi connectivity index (χ2n) is 5.13. The van der Waals surface area contributed by atoms with E-state index in [9.17, 15) is 4.79 Å². The van der Waals surface area contributed by atoms with E-state index in [0.29, 0.717) is 22.4 Å². The number of oxazole rings is 1. The van der Waals surface area contributed by atoms with Gasteiger partial charge in [-0.25, -0.2) is 9.78 Å². The van der Waals surface area contributed by atoms with Crippen LogP contribution in [0.1, 0.15) is 25.3 Å². The van der Waals surface area contributed by atoms with E-state index in [1.54, 1.807) is 31.2 Å². The minimum Gasteiger partial charge on any atom is -0.479 e. The molecular weight excluding hydrogens is 294 g/mol. The first kappa shape index (κ1) is 15.5. The maximum Gasteiger partial charge on any atom is 0.335 e. The van der Waals surface area contributed by atoms with Crippen molar-refractivity contribution in [2.45, 2.75) is 33.0 Å². The van der Waals surface area contributed by atoms with Crippen LogP contribution in [0.15, 0.2) is 28.7 Å². The summed E-state index contributed by atoms with van der Waals surface area (Å²) in [4.78, 5) is 15.3. The summed E-state index contributed by atoms with van der Waals surface area (Å²) in [6, 6.07) is 7.11. The number of carboxylic acids is 1. The van der Waals surface area contributed by atoms with Gasteiger partial charge in [0.1, 0.15) is 11.5 Å². The highest BCUT2D eigenvalue weighted by molar-refractivity contribution is 6.30. The number of halogens is 1. The molecule has 0 atom stereocenters. The standard InChI is InChI=1S/C15H16ClNO4/c1-9-12(8-20-15(2,3)14(18)19)17-13(21-9)10-4-6-11(16)7-5-10/h4-7H,8H2,1-3H3,(H,18,19). The summed E-state index contributed by atoms with van der Waals surface area (Å²) in [6.07, 6.45) is 0. The Morgan fingerprint density at radius 3 is 2.57 bits per heavy atom. The monoisotopic (exact) mass is 309 g/mol. The van der Waals surface area contributed by atoms with Gasteiger partial charge in [0.15, 0.2) is 5.60 Å². The summed E-state index contributed by atoms with van der Waals surface area (Å²) in [5.74, 6) is 0.0265. The maximum absolute atomic E-state index is 11.0. The van der Waals surface area contributed by atoms with E-state index < -0.39 is 11.6 Å². The Labute approximate surface area is 127 Å². The molecule has 0 fully saturated rings. The normalized spacial score (nSPS) is 11.6. The van der Waals surface area contributed by atoms with Gasteiger partial charge in [0.05, 0.1) is 6.61 Å². The third-order valence-electron chi connectivity index (χ3n) is 3.07. The lowest BCUT2D eigenvalue weighted by molar-refractivity contribution is -0.162. The number of benzene rings is 1. The third kappa shape index (κ3) is 3.62. The second kappa shape index (κ2) is 5.87. The lowest BCUT2D eigenvalue weighted by Crippen LogP contribution is -2.34. The average molecular weight is 310 g/mol. The van der Waals surface area contributed by atoms with Crippen LogP contribution in [0, 0.1) is 6.92 Å². The van der Waals surface area contributed by atoms with Crippen molar-refractivity contribution in [2.24, 2.45) is 0 Å². The van der Waals surface area contributed by atoms with Crippen molar-refractivity contribution in [1.82, 2.24) is 4.98 Å². The van der Waals surface area contributed by atoms with Gasteiger partial charge in [0, 0.05) is 10.6 Å². The zero-order valence-corrected chi connectivity index (χ0v) is 12.8. The van der Waals surface area contributed by atoms with Crippen LogP contribution < -0.4 is 0 Å². The maximum atomic E-state index is 11.0. The number of carbonyl (C=O) groups is 1. The number of aryl methyl sites for hydroxylation is 1. The van der Waals surface area contributed by atoms with Crippen LogP contribution in [0.5, 0.6) is 0 Å². The van der Waals surface area contributed by atoms with Gasteiger partial charge >= 0.3 is 5.97 Å². The number of nitrogens with zero attached hydrogens (tertiary/aromatic N) is 1. The zero-order chi connectivity index (χ0) is 15.6. The summed E-state index contributed by atoms with van der Waals surface area (Å²) in [7, 11) is 0. The van der Waals surface area contributed by atoms with Crippen LogP contribution in [0.25, 0.3) is 11.5 Å². The van der Waals surface area contributed by atoms with Crippen molar-refractivity contribution in [3.63, 3.8) is 0 Å². The van der Waals surface area contributed by atoms with Gasteiger partial charge in [-0.3, -0.25) is 0 Å². The molecule has 0 amide bonds. The Bertz CT molecular complexity index is 646. The SMILES string of the molecule is Cc1oc(-c2ccc(Cl)cc2)nc1COC(C)(C)C(=O)O. The van der Waals surface area contributed by atoms with Crippen LogP contribution in [-0.2, 0) is 16.1 Å². The Balaban J connectivity index is 2.16. The molecular formula is C15H16ClNO4. The molecule has 0 radical (unpaired) electrons. The van der Waals surface area contributed by atoms with Crippen molar-refractivity contribution >= 4 is 17.6 Å². The number of carboxylic acid groups (broad SMARTS) is 1. The highest BCUT2D eigenvalue weighted by atomic mass is 35.5. The molecule has 0 saturated heterocycles. The molecule has 2 rings (SSSR count). The second-order valence-corrected chi connectivity index (χ2v) is 5.57. The van der Waals surface area contributed by atoms with Gasteiger partial charge in [-0.15, -0.1) is 0 Å². The summed E-state index contributed by atoms with van der Waals surface area (Å²) in [6.45, 7) is 4.82. The van der Waals surface area contributed by atoms with Gasteiger partial charge in [-0.2, -0.15) is 0 Å². The van der Waals surface area contributed by atoms with Crippen molar-refractivity contribution in [2.75, 3.05) is 0 Å². The lowest BCUT2D eigenvalue weighted by atomic mass is 10.1. The number of rotatable bonds is 5. The molecule has 6 heteroatoms. The van der Waals surface area contributed by atoms with Gasteiger partial charge in [-0.1, -0.05) is 11.6 Å². The summed E-state index contributed by atoms with van der Waals surface area (Å²) in [5.41, 5.74) is 0.103. The Morgan fingerprint density at radius 1 is 1.38 bits per heavy atom. The van der Waals surface area contributed by atoms with Crippen LogP contribution in [0.4, 0.5) is 0 Å². The molecule has 0 saturated carbocycles. The number of ether oxygens (including phenoxy) is 1. The highest BCUT2D eigenvalue weighted by Gasteiger charge is 2.28. The van der Waals surface area contributed by atoms with Crippen LogP contribution in [0.3, 0.4) is 0 Å². The molecule has 0 aliphatic rings. The van der Waals surface area contributed by atoms with Gasteiger partial charge in [0.25, 0.3) is 0 Å². The zero-order valence-electron chi connectivity index (χ0n) is 12.0. The molecule has 1 heterocycles. The third-order valence-corrected chi connectivity index (χ3v) is 3.32. The lowest BCUT2D eigenvalue weighted by Gasteiger charge is -2.19. The first-order chi connectivity index (χ1) is 9.79. The fraction of sp³-hybridized carbons (Fsp3) is 0.333. The molecule has 2 aromatic rings. The first-order valence-electron chi connectivity index (χ1n) is 6.39. The predicted octanol–water partition coefficient (Wildman–Crippen LogP) is 3.68. The predicted molar refractivity (Wildman–Crippen MR) is 78.2 cm³/mol. The van der Waals surface area contributed by atoms with E-state index in [1.807, 2.05) is 0 Å². The molecule has 0 unspecified atom stereocenters. The number of aromatic nitrogens is 1. The van der Waals surface area contributed by atoms with Gasteiger partial charge in [-0.05, 0) is 45.0 Å². The summed E-state index contributed by atoms with van der Waals surface area (Å²) < 4.78 is 11.0. The summed E-state index contributed by atoms with van der Waals surface area (Å²) in [5, 5.41) is 9.65. The van der Waals surface area contributed by atoms with Crippen LogP contribution in [0.2, 0.25) is 5.02 Å². The van der Waals surface area contributed by atoms with E-state index >= 15 is 0 Å². The summed E-state index contributed by atoms with van der Waals surface area (Å²) >= 11 is 5.84. The van der Waals surface area contributed by atoms with Crippen molar-refractivity contribution in [3.05, 3.63) is 40.7 Å². The molecule has 21 heavy (non-hydrogen) atoms. The Morgan fingerprint density at radius 2 is 2.00 bits per heavy atom. The number of hydrogen-bond donors (Lipinski definition) is 1. The van der Waals surface area contributed by atoms with Crippen LogP contribution >= 0.6 is 11.6 Å². The molecule has 0 aliphatic heterocycles. The molecule has 0 spiro atoms. The number of aliphatic carboxylic acids is 1. The molecule has 0 bridgehead atoms. The van der Waals surface area contributed by atoms with Crippen molar-refractivity contribution in [1.29, 1.82) is 0 Å². The van der Waals surface area contributed by atoms with E-state index in [4.69, 9.17) is 25.9 Å². The van der Waals surface area contributed by atoms with Gasteiger partial charge < -0.3 is 14.3 Å². The van der Waals surface area contributed by atoms with Crippen molar-refractivity contribution < 1.29 is 19.1 Å². The quantitative estimate of drug-likeness (QED) is 0.912. The van der Waals surface area contributed by atoms with E-state index in [1.165, 1.54) is 13.8 Å². The van der Waals surface area contributed by atoms with E-state index in [0.717, 1.165) is 5.56 Å². The topological polar surface area (TPSA) is 72.6 Å². The molecule has 0 aliphatic carbocycles. The molecule has 112 valence electrons. The Kier molecular flexibility index (Phi) is 4.34. The average Bonchev–Trinajstić information content (AvgIpc) is 2.78.